The highest BCUT2D eigenvalue weighted by atomic mass is 35.5. The van der Waals surface area contributed by atoms with Crippen LogP contribution in [-0.4, -0.2) is 31.5 Å². The molecule has 8 heteroatoms. The van der Waals surface area contributed by atoms with Gasteiger partial charge in [0.2, 0.25) is 0 Å². The molecule has 0 unspecified atom stereocenters. The lowest BCUT2D eigenvalue weighted by molar-refractivity contribution is -0.123. The molecule has 0 aliphatic carbocycles. The molecule has 1 N–H and O–H groups in total. The summed E-state index contributed by atoms with van der Waals surface area (Å²) in [5.74, 6) is -1.63. The largest absolute Gasteiger partial charge is 0.497 e. The summed E-state index contributed by atoms with van der Waals surface area (Å²) in [4.78, 5) is 35.6. The van der Waals surface area contributed by atoms with E-state index in [1.54, 1.807) is 12.1 Å². The monoisotopic (exact) mass is 381 g/mol. The molecule has 0 spiro atoms. The van der Waals surface area contributed by atoms with Crippen molar-refractivity contribution in [2.45, 2.75) is 0 Å². The van der Waals surface area contributed by atoms with Crippen LogP contribution in [-0.2, 0) is 9.53 Å². The van der Waals surface area contributed by atoms with Crippen LogP contribution in [0.2, 0.25) is 10.0 Å². The van der Waals surface area contributed by atoms with Gasteiger partial charge in [0.1, 0.15) is 5.75 Å². The molecule has 0 aliphatic rings. The Bertz CT molecular complexity index is 805. The molecule has 130 valence electrons. The first-order chi connectivity index (χ1) is 11.9. The van der Waals surface area contributed by atoms with Crippen molar-refractivity contribution in [3.63, 3.8) is 0 Å². The van der Waals surface area contributed by atoms with Crippen molar-refractivity contribution in [1.29, 1.82) is 0 Å². The molecule has 25 heavy (non-hydrogen) atoms. The predicted molar refractivity (Wildman–Crippen MR) is 92.2 cm³/mol. The lowest BCUT2D eigenvalue weighted by Crippen LogP contribution is -2.34. The molecule has 0 saturated carbocycles. The van der Waals surface area contributed by atoms with E-state index in [0.29, 0.717) is 10.8 Å². The highest BCUT2D eigenvalue weighted by molar-refractivity contribution is 6.35. The maximum absolute atomic E-state index is 11.9. The summed E-state index contributed by atoms with van der Waals surface area (Å²) in [7, 11) is 1.50. The number of hydrogen-bond donors (Lipinski definition) is 1. The predicted octanol–water partition coefficient (Wildman–Crippen LogP) is 3.12. The van der Waals surface area contributed by atoms with Crippen LogP contribution in [0.4, 0.5) is 0 Å². The van der Waals surface area contributed by atoms with Gasteiger partial charge in [-0.3, -0.25) is 14.9 Å². The number of esters is 1. The van der Waals surface area contributed by atoms with Crippen LogP contribution in [0.15, 0.2) is 42.5 Å². The van der Waals surface area contributed by atoms with Crippen LogP contribution in [0.3, 0.4) is 0 Å². The smallest absolute Gasteiger partial charge is 0.340 e. The van der Waals surface area contributed by atoms with Crippen LogP contribution in [0.25, 0.3) is 0 Å². The van der Waals surface area contributed by atoms with E-state index >= 15 is 0 Å². The summed E-state index contributed by atoms with van der Waals surface area (Å²) in [5.41, 5.74) is 0.293. The average molecular weight is 382 g/mol. The zero-order valence-corrected chi connectivity index (χ0v) is 14.6. The Hall–Kier alpha value is -2.57. The molecule has 0 bridgehead atoms. The topological polar surface area (TPSA) is 81.7 Å². The fourth-order valence-corrected chi connectivity index (χ4v) is 2.21. The van der Waals surface area contributed by atoms with Gasteiger partial charge in [0.25, 0.3) is 11.8 Å². The van der Waals surface area contributed by atoms with Gasteiger partial charge < -0.3 is 9.47 Å². The molecule has 2 aromatic rings. The third kappa shape index (κ3) is 5.20. The molecule has 0 aliphatic heterocycles. The molecule has 0 saturated heterocycles. The van der Waals surface area contributed by atoms with E-state index in [1.165, 1.54) is 37.4 Å². The molecule has 0 heterocycles. The summed E-state index contributed by atoms with van der Waals surface area (Å²) in [6.45, 7) is -0.635. The van der Waals surface area contributed by atoms with Crippen LogP contribution in [0.1, 0.15) is 20.7 Å². The quantitative estimate of drug-likeness (QED) is 0.804. The third-order valence-corrected chi connectivity index (χ3v) is 3.65. The number of carbonyl (C=O) groups excluding carboxylic acids is 3. The average Bonchev–Trinajstić information content (AvgIpc) is 2.61. The van der Waals surface area contributed by atoms with Crippen molar-refractivity contribution in [3.8, 4) is 5.75 Å². The van der Waals surface area contributed by atoms with E-state index in [1.807, 2.05) is 0 Å². The number of carbonyl (C=O) groups is 3. The van der Waals surface area contributed by atoms with E-state index in [0.717, 1.165) is 0 Å². The standard InChI is InChI=1S/C17H13Cl2NO5/c1-24-12-5-2-10(3-6-12)16(22)20-15(21)9-25-17(23)13-8-11(18)4-7-14(13)19/h2-8H,9H2,1H3,(H,20,21,22). The minimum absolute atomic E-state index is 0.0310. The van der Waals surface area contributed by atoms with E-state index in [2.05, 4.69) is 5.32 Å². The van der Waals surface area contributed by atoms with Crippen molar-refractivity contribution >= 4 is 41.0 Å². The Morgan fingerprint density at radius 2 is 1.72 bits per heavy atom. The Labute approximate surface area is 153 Å². The molecule has 2 amide bonds. The summed E-state index contributed by atoms with van der Waals surface area (Å²) in [6, 6.07) is 10.4. The van der Waals surface area contributed by atoms with E-state index < -0.39 is 24.4 Å². The first-order valence-electron chi connectivity index (χ1n) is 7.01. The minimum atomic E-state index is -0.820. The van der Waals surface area contributed by atoms with Gasteiger partial charge in [-0.15, -0.1) is 0 Å². The highest BCUT2D eigenvalue weighted by Gasteiger charge is 2.16. The number of halogens is 2. The van der Waals surface area contributed by atoms with Crippen LogP contribution in [0, 0.1) is 0 Å². The Morgan fingerprint density at radius 1 is 1.04 bits per heavy atom. The van der Waals surface area contributed by atoms with Crippen LogP contribution < -0.4 is 10.1 Å². The van der Waals surface area contributed by atoms with Gasteiger partial charge in [0.05, 0.1) is 17.7 Å². The molecule has 6 nitrogen and oxygen atoms in total. The first-order valence-corrected chi connectivity index (χ1v) is 7.76. The van der Waals surface area contributed by atoms with Crippen molar-refractivity contribution in [1.82, 2.24) is 5.32 Å². The van der Waals surface area contributed by atoms with Gasteiger partial charge in [0.15, 0.2) is 6.61 Å². The summed E-state index contributed by atoms with van der Waals surface area (Å²) in [5, 5.41) is 2.56. The normalized spacial score (nSPS) is 10.0. The van der Waals surface area contributed by atoms with E-state index in [-0.39, 0.29) is 16.1 Å². The fourth-order valence-electron chi connectivity index (χ4n) is 1.84. The number of rotatable bonds is 5. The number of nitrogens with one attached hydrogen (secondary N) is 1. The summed E-state index contributed by atoms with van der Waals surface area (Å²) in [6.07, 6.45) is 0. The molecular weight excluding hydrogens is 369 g/mol. The van der Waals surface area contributed by atoms with Gasteiger partial charge in [-0.05, 0) is 42.5 Å². The van der Waals surface area contributed by atoms with Gasteiger partial charge in [0, 0.05) is 10.6 Å². The van der Waals surface area contributed by atoms with Gasteiger partial charge in [-0.2, -0.15) is 0 Å². The second-order valence-corrected chi connectivity index (χ2v) is 5.65. The lowest BCUT2D eigenvalue weighted by atomic mass is 10.2. The highest BCUT2D eigenvalue weighted by Crippen LogP contribution is 2.21. The Morgan fingerprint density at radius 3 is 2.36 bits per heavy atom. The summed E-state index contributed by atoms with van der Waals surface area (Å²) < 4.78 is 9.81. The van der Waals surface area contributed by atoms with E-state index in [9.17, 15) is 14.4 Å². The zero-order chi connectivity index (χ0) is 18.4. The van der Waals surface area contributed by atoms with Gasteiger partial charge in [-0.25, -0.2) is 4.79 Å². The lowest BCUT2D eigenvalue weighted by Gasteiger charge is -2.07. The number of benzene rings is 2. The van der Waals surface area contributed by atoms with Crippen molar-refractivity contribution in [2.24, 2.45) is 0 Å². The van der Waals surface area contributed by atoms with Crippen molar-refractivity contribution in [2.75, 3.05) is 13.7 Å². The Kier molecular flexibility index (Phi) is 6.38. The van der Waals surface area contributed by atoms with Crippen LogP contribution in [0.5, 0.6) is 5.75 Å². The van der Waals surface area contributed by atoms with Gasteiger partial charge >= 0.3 is 5.97 Å². The number of imide groups is 1. The number of amides is 2. The second kappa shape index (κ2) is 8.50. The molecule has 2 aromatic carbocycles. The molecule has 2 rings (SSSR count). The second-order valence-electron chi connectivity index (χ2n) is 4.81. The molecular formula is C17H13Cl2NO5. The first kappa shape index (κ1) is 18.8. The summed E-state index contributed by atoms with van der Waals surface area (Å²) >= 11 is 11.7. The number of ether oxygens (including phenoxy) is 2. The number of methoxy groups -OCH3 is 1. The number of hydrogen-bond acceptors (Lipinski definition) is 5. The zero-order valence-electron chi connectivity index (χ0n) is 13.0. The molecule has 0 aromatic heterocycles. The fraction of sp³-hybridized carbons (Fsp3) is 0.118. The maximum atomic E-state index is 11.9. The molecule has 0 atom stereocenters. The van der Waals surface area contributed by atoms with E-state index in [4.69, 9.17) is 32.7 Å². The SMILES string of the molecule is COc1ccc(C(=O)NC(=O)COC(=O)c2cc(Cl)ccc2Cl)cc1. The molecule has 0 fully saturated rings. The van der Waals surface area contributed by atoms with Crippen molar-refractivity contribution < 1.29 is 23.9 Å². The Balaban J connectivity index is 1.90. The van der Waals surface area contributed by atoms with Crippen molar-refractivity contribution in [3.05, 3.63) is 63.6 Å². The molecule has 0 radical (unpaired) electrons. The third-order valence-electron chi connectivity index (χ3n) is 3.09. The van der Waals surface area contributed by atoms with Gasteiger partial charge in [-0.1, -0.05) is 23.2 Å². The maximum Gasteiger partial charge on any atom is 0.340 e. The minimum Gasteiger partial charge on any atom is -0.497 e. The van der Waals surface area contributed by atoms with Crippen LogP contribution >= 0.6 is 23.2 Å².